The number of ketones is 1. The second-order valence-electron chi connectivity index (χ2n) is 8.02. The molecule has 1 aliphatic rings. The van der Waals surface area contributed by atoms with E-state index in [0.717, 1.165) is 16.6 Å². The highest BCUT2D eigenvalue weighted by Gasteiger charge is 2.48. The number of H-pyrrole nitrogens is 1. The maximum atomic E-state index is 13.2. The molecule has 1 atom stereocenters. The number of carbonyl (C=O) groups excluding carboxylic acids is 2. The normalized spacial score (nSPS) is 17.9. The fraction of sp³-hybridized carbons (Fsp3) is 0.115. The van der Waals surface area contributed by atoms with E-state index in [1.807, 2.05) is 74.5 Å². The molecule has 4 aromatic rings. The van der Waals surface area contributed by atoms with Crippen molar-refractivity contribution in [3.05, 3.63) is 101 Å². The Morgan fingerprint density at radius 2 is 1.53 bits per heavy atom. The number of hydrogen-bond donors (Lipinski definition) is 2. The molecule has 32 heavy (non-hydrogen) atoms. The number of para-hydroxylation sites is 2. The average Bonchev–Trinajstić information content (AvgIpc) is 3.33. The molecular formula is C26H21N3O3. The summed E-state index contributed by atoms with van der Waals surface area (Å²) in [6.07, 6.45) is 0. The minimum Gasteiger partial charge on any atom is -0.507 e. The molecule has 0 radical (unpaired) electrons. The van der Waals surface area contributed by atoms with Gasteiger partial charge in [-0.3, -0.25) is 14.5 Å². The lowest BCUT2D eigenvalue weighted by molar-refractivity contribution is -0.132. The van der Waals surface area contributed by atoms with Crippen molar-refractivity contribution in [2.45, 2.75) is 19.9 Å². The van der Waals surface area contributed by atoms with Gasteiger partial charge in [0.25, 0.3) is 5.78 Å². The molecule has 0 spiro atoms. The summed E-state index contributed by atoms with van der Waals surface area (Å²) in [5.74, 6) is -1.41. The number of aryl methyl sites for hydroxylation is 2. The number of carbonyl (C=O) groups is 2. The van der Waals surface area contributed by atoms with Crippen LogP contribution in [-0.4, -0.2) is 26.8 Å². The maximum Gasteiger partial charge on any atom is 0.302 e. The molecule has 1 saturated heterocycles. The molecule has 5 rings (SSSR count). The van der Waals surface area contributed by atoms with Gasteiger partial charge in [0.05, 0.1) is 22.6 Å². The number of nitrogens with zero attached hydrogens (tertiary/aromatic N) is 2. The molecule has 6 nitrogen and oxygen atoms in total. The Bertz CT molecular complexity index is 1350. The van der Waals surface area contributed by atoms with Crippen LogP contribution in [0.1, 0.15) is 28.3 Å². The van der Waals surface area contributed by atoms with Crippen LogP contribution in [0, 0.1) is 13.8 Å². The number of aliphatic hydroxyl groups excluding tert-OH is 1. The van der Waals surface area contributed by atoms with Gasteiger partial charge in [-0.25, -0.2) is 4.98 Å². The van der Waals surface area contributed by atoms with Crippen molar-refractivity contribution in [1.29, 1.82) is 0 Å². The quantitative estimate of drug-likeness (QED) is 0.281. The molecule has 2 heterocycles. The zero-order valence-corrected chi connectivity index (χ0v) is 17.7. The van der Waals surface area contributed by atoms with E-state index >= 15 is 0 Å². The topological polar surface area (TPSA) is 86.3 Å². The summed E-state index contributed by atoms with van der Waals surface area (Å²) in [5.41, 5.74) is 4.76. The zero-order chi connectivity index (χ0) is 22.4. The number of aliphatic hydroxyl groups is 1. The lowest BCUT2D eigenvalue weighted by atomic mass is 9.94. The van der Waals surface area contributed by atoms with Gasteiger partial charge in [0, 0.05) is 5.56 Å². The van der Waals surface area contributed by atoms with Crippen molar-refractivity contribution in [1.82, 2.24) is 9.97 Å². The van der Waals surface area contributed by atoms with Crippen LogP contribution in [0.4, 0.5) is 5.95 Å². The van der Waals surface area contributed by atoms with Gasteiger partial charge in [0.1, 0.15) is 5.76 Å². The summed E-state index contributed by atoms with van der Waals surface area (Å²) in [6, 6.07) is 21.4. The number of aromatic amines is 1. The lowest BCUT2D eigenvalue weighted by Gasteiger charge is -2.23. The molecule has 158 valence electrons. The van der Waals surface area contributed by atoms with Crippen molar-refractivity contribution in [2.75, 3.05) is 4.90 Å². The monoisotopic (exact) mass is 423 g/mol. The molecule has 2 N–H and O–H groups in total. The number of nitrogens with one attached hydrogen (secondary N) is 1. The van der Waals surface area contributed by atoms with Crippen LogP contribution < -0.4 is 4.90 Å². The number of anilines is 1. The summed E-state index contributed by atoms with van der Waals surface area (Å²) < 4.78 is 0. The number of benzene rings is 3. The highest BCUT2D eigenvalue weighted by atomic mass is 16.3. The van der Waals surface area contributed by atoms with Gasteiger partial charge in [-0.05, 0) is 31.5 Å². The van der Waals surface area contributed by atoms with Crippen LogP contribution in [0.5, 0.6) is 0 Å². The number of aromatic nitrogens is 2. The first-order chi connectivity index (χ1) is 15.4. The summed E-state index contributed by atoms with van der Waals surface area (Å²) >= 11 is 0. The van der Waals surface area contributed by atoms with E-state index in [4.69, 9.17) is 0 Å². The Kier molecular flexibility index (Phi) is 4.63. The molecule has 0 unspecified atom stereocenters. The molecule has 1 fully saturated rings. The summed E-state index contributed by atoms with van der Waals surface area (Å²) in [4.78, 5) is 35.4. The molecule has 1 amide bonds. The highest BCUT2D eigenvalue weighted by Crippen LogP contribution is 2.41. The SMILES string of the molecule is Cc1ccc(C(O)=C2C(=O)C(=O)N(c3nc4ccccc4[nH]3)[C@H]2c2ccc(C)cc2)cc1. The van der Waals surface area contributed by atoms with E-state index in [0.29, 0.717) is 16.6 Å². The Morgan fingerprint density at radius 3 is 2.19 bits per heavy atom. The molecule has 6 heteroatoms. The first-order valence-electron chi connectivity index (χ1n) is 10.3. The van der Waals surface area contributed by atoms with E-state index in [-0.39, 0.29) is 17.3 Å². The van der Waals surface area contributed by atoms with Gasteiger partial charge < -0.3 is 10.1 Å². The van der Waals surface area contributed by atoms with E-state index in [1.165, 1.54) is 4.90 Å². The van der Waals surface area contributed by atoms with Gasteiger partial charge in [0.15, 0.2) is 0 Å². The molecular weight excluding hydrogens is 402 g/mol. The van der Waals surface area contributed by atoms with Crippen LogP contribution in [-0.2, 0) is 9.59 Å². The largest absolute Gasteiger partial charge is 0.507 e. The van der Waals surface area contributed by atoms with Gasteiger partial charge in [0.2, 0.25) is 5.95 Å². The van der Waals surface area contributed by atoms with Crippen LogP contribution in [0.15, 0.2) is 78.4 Å². The number of rotatable bonds is 3. The maximum absolute atomic E-state index is 13.2. The van der Waals surface area contributed by atoms with Crippen molar-refractivity contribution in [3.63, 3.8) is 0 Å². The van der Waals surface area contributed by atoms with E-state index in [9.17, 15) is 14.7 Å². The fourth-order valence-electron chi connectivity index (χ4n) is 4.04. The van der Waals surface area contributed by atoms with Crippen LogP contribution in [0.25, 0.3) is 16.8 Å². The summed E-state index contributed by atoms with van der Waals surface area (Å²) in [7, 11) is 0. The Morgan fingerprint density at radius 1 is 0.906 bits per heavy atom. The van der Waals surface area contributed by atoms with Crippen LogP contribution in [0.3, 0.4) is 0 Å². The Labute approximate surface area is 184 Å². The number of amides is 1. The first-order valence-corrected chi connectivity index (χ1v) is 10.3. The number of Topliss-reactive ketones (excluding diaryl/α,β-unsaturated/α-hetero) is 1. The minimum atomic E-state index is -0.808. The molecule has 0 bridgehead atoms. The van der Waals surface area contributed by atoms with Gasteiger partial charge in [-0.2, -0.15) is 0 Å². The Hall–Kier alpha value is -4.19. The first kappa shape index (κ1) is 19.8. The average molecular weight is 423 g/mol. The second-order valence-corrected chi connectivity index (χ2v) is 8.02. The van der Waals surface area contributed by atoms with Crippen LogP contribution in [0.2, 0.25) is 0 Å². The third-order valence-electron chi connectivity index (χ3n) is 5.77. The predicted octanol–water partition coefficient (Wildman–Crippen LogP) is 4.81. The number of hydrogen-bond acceptors (Lipinski definition) is 4. The van der Waals surface area contributed by atoms with Gasteiger partial charge >= 0.3 is 5.91 Å². The summed E-state index contributed by atoms with van der Waals surface area (Å²) in [6.45, 7) is 3.91. The number of fused-ring (bicyclic) bond motifs is 1. The minimum absolute atomic E-state index is 0.0446. The van der Waals surface area contributed by atoms with Gasteiger partial charge in [-0.15, -0.1) is 0 Å². The standard InChI is InChI=1S/C26H21N3O3/c1-15-7-11-17(12-8-15)22-21(23(30)18-13-9-16(2)10-14-18)24(31)25(32)29(22)26-27-19-5-3-4-6-20(19)28-26/h3-14,22,30H,1-2H3,(H,27,28)/t22-/m0/s1. The molecule has 0 saturated carbocycles. The fourth-order valence-corrected chi connectivity index (χ4v) is 4.04. The zero-order valence-electron chi connectivity index (χ0n) is 17.7. The van der Waals surface area contributed by atoms with Crippen molar-refractivity contribution >= 4 is 34.4 Å². The molecule has 1 aliphatic heterocycles. The van der Waals surface area contributed by atoms with E-state index in [2.05, 4.69) is 9.97 Å². The van der Waals surface area contributed by atoms with Crippen LogP contribution >= 0.6 is 0 Å². The highest BCUT2D eigenvalue weighted by molar-refractivity contribution is 6.51. The van der Waals surface area contributed by atoms with Crippen molar-refractivity contribution in [3.8, 4) is 0 Å². The smallest absolute Gasteiger partial charge is 0.302 e. The second kappa shape index (κ2) is 7.50. The molecule has 1 aromatic heterocycles. The Balaban J connectivity index is 1.73. The van der Waals surface area contributed by atoms with E-state index < -0.39 is 17.7 Å². The lowest BCUT2D eigenvalue weighted by Crippen LogP contribution is -2.30. The molecule has 0 aliphatic carbocycles. The third kappa shape index (κ3) is 3.17. The third-order valence-corrected chi connectivity index (χ3v) is 5.77. The van der Waals surface area contributed by atoms with Crippen molar-refractivity contribution < 1.29 is 14.7 Å². The molecule has 3 aromatic carbocycles. The van der Waals surface area contributed by atoms with E-state index in [1.54, 1.807) is 12.1 Å². The summed E-state index contributed by atoms with van der Waals surface area (Å²) in [5, 5.41) is 11.1. The van der Waals surface area contributed by atoms with Gasteiger partial charge in [-0.1, -0.05) is 71.8 Å². The number of imidazole rings is 1. The predicted molar refractivity (Wildman–Crippen MR) is 123 cm³/mol. The van der Waals surface area contributed by atoms with Crippen molar-refractivity contribution in [2.24, 2.45) is 0 Å².